The van der Waals surface area contributed by atoms with E-state index < -0.39 is 0 Å². The average molecular weight is 358 g/mol. The van der Waals surface area contributed by atoms with Gasteiger partial charge in [0.15, 0.2) is 0 Å². The number of hydrogen-bond donors (Lipinski definition) is 0. The monoisotopic (exact) mass is 357 g/mol. The summed E-state index contributed by atoms with van der Waals surface area (Å²) in [5.74, 6) is 0.214. The third-order valence-corrected chi connectivity index (χ3v) is 6.21. The lowest BCUT2D eigenvalue weighted by Crippen LogP contribution is -2.58. The summed E-state index contributed by atoms with van der Waals surface area (Å²) in [6.07, 6.45) is 8.25. The Morgan fingerprint density at radius 1 is 0.955 bits per heavy atom. The molecule has 22 heavy (non-hydrogen) atoms. The lowest BCUT2D eigenvalue weighted by atomic mass is 9.68. The molecule has 0 amide bonds. The van der Waals surface area contributed by atoms with Gasteiger partial charge in [0.25, 0.3) is 0 Å². The first-order chi connectivity index (χ1) is 10.6. The van der Waals surface area contributed by atoms with E-state index in [4.69, 9.17) is 0 Å². The minimum Gasteiger partial charge on any atom is -0.245 e. The van der Waals surface area contributed by atoms with Gasteiger partial charge in [-0.25, -0.2) is 23.5 Å². The quantitative estimate of drug-likeness (QED) is 0.577. The van der Waals surface area contributed by atoms with Gasteiger partial charge in [-0.1, -0.05) is 58.4 Å². The molecule has 110 valence electrons. The number of para-hydroxylation sites is 1. The average Bonchev–Trinajstić information content (AvgIpc) is 2.78. The number of rotatable bonds is 1. The molecular weight excluding hydrogens is 346 g/mol. The Kier molecular flexibility index (Phi) is 2.16. The molecule has 6 rings (SSSR count). The van der Waals surface area contributed by atoms with E-state index in [1.807, 2.05) is 30.4 Å². The number of alkyl halides is 1. The summed E-state index contributed by atoms with van der Waals surface area (Å²) in [6, 6.07) is 8.80. The maximum atomic E-state index is 12.9. The molecule has 1 aromatic carbocycles. The zero-order chi connectivity index (χ0) is 15.1. The summed E-state index contributed by atoms with van der Waals surface area (Å²) in [5.41, 5.74) is 0.0498. The van der Waals surface area contributed by atoms with Crippen LogP contribution in [0.25, 0.3) is 5.69 Å². The van der Waals surface area contributed by atoms with Crippen LogP contribution in [-0.4, -0.2) is 18.3 Å². The number of allylic oxidation sites excluding steroid dienone is 4. The van der Waals surface area contributed by atoms with Crippen molar-refractivity contribution in [3.8, 4) is 5.69 Å². The molecule has 0 spiro atoms. The van der Waals surface area contributed by atoms with Gasteiger partial charge < -0.3 is 0 Å². The Labute approximate surface area is 133 Å². The first-order valence-electron chi connectivity index (χ1n) is 7.21. The van der Waals surface area contributed by atoms with Crippen molar-refractivity contribution < 1.29 is 0 Å². The second-order valence-corrected chi connectivity index (χ2v) is 7.33. The summed E-state index contributed by atoms with van der Waals surface area (Å²) < 4.78 is 4.21. The molecule has 1 aromatic heterocycles. The van der Waals surface area contributed by atoms with Crippen molar-refractivity contribution in [3.05, 3.63) is 75.6 Å². The zero-order valence-electron chi connectivity index (χ0n) is 11.5. The van der Waals surface area contributed by atoms with Crippen molar-refractivity contribution in [1.82, 2.24) is 13.9 Å². The fourth-order valence-electron chi connectivity index (χ4n) is 3.84. The molecule has 3 heterocycles. The maximum Gasteiger partial charge on any atom is 0.352 e. The third-order valence-electron chi connectivity index (χ3n) is 4.95. The van der Waals surface area contributed by atoms with Gasteiger partial charge in [0, 0.05) is 5.92 Å². The van der Waals surface area contributed by atoms with Gasteiger partial charge in [-0.05, 0) is 12.1 Å². The van der Waals surface area contributed by atoms with Crippen molar-refractivity contribution in [2.24, 2.45) is 5.92 Å². The van der Waals surface area contributed by atoms with E-state index >= 15 is 0 Å². The third kappa shape index (κ3) is 1.22. The van der Waals surface area contributed by atoms with Crippen LogP contribution in [0.1, 0.15) is 12.1 Å². The second-order valence-electron chi connectivity index (χ2n) is 5.96. The summed E-state index contributed by atoms with van der Waals surface area (Å²) in [7, 11) is 0. The van der Waals surface area contributed by atoms with Gasteiger partial charge in [0.2, 0.25) is 0 Å². The molecule has 5 nitrogen and oxygen atoms in total. The molecule has 0 N–H and O–H groups in total. The minimum absolute atomic E-state index is 0.112. The molecule has 4 atom stereocenters. The Bertz CT molecular complexity index is 966. The van der Waals surface area contributed by atoms with Crippen molar-refractivity contribution >= 4 is 15.9 Å². The molecular formula is C16H12BrN3O2. The van der Waals surface area contributed by atoms with Gasteiger partial charge in [0.05, 0.1) is 22.1 Å². The highest BCUT2D eigenvalue weighted by atomic mass is 79.9. The predicted molar refractivity (Wildman–Crippen MR) is 85.8 cm³/mol. The SMILES string of the molecule is O=c1n(-c2ccccc2)c(=O)n2n1[C@H]1C=C[C@H]2[C@H]2C=C[C@@]21Br. The molecule has 2 bridgehead atoms. The molecule has 2 aromatic rings. The fraction of sp³-hybridized carbons (Fsp3) is 0.250. The van der Waals surface area contributed by atoms with E-state index in [9.17, 15) is 9.59 Å². The molecule has 0 saturated heterocycles. The molecule has 2 aliphatic heterocycles. The first-order valence-corrected chi connectivity index (χ1v) is 8.00. The molecule has 4 aliphatic rings. The first kappa shape index (κ1) is 12.5. The summed E-state index contributed by atoms with van der Waals surface area (Å²) in [6.45, 7) is 0. The zero-order valence-corrected chi connectivity index (χ0v) is 13.1. The lowest BCUT2D eigenvalue weighted by Gasteiger charge is -2.53. The van der Waals surface area contributed by atoms with Crippen LogP contribution in [-0.2, 0) is 0 Å². The summed E-state index contributed by atoms with van der Waals surface area (Å²) >= 11 is 3.77. The number of hydrogen-bond acceptors (Lipinski definition) is 2. The Morgan fingerprint density at radius 2 is 1.68 bits per heavy atom. The van der Waals surface area contributed by atoms with Crippen molar-refractivity contribution in [1.29, 1.82) is 0 Å². The second kappa shape index (κ2) is 3.81. The summed E-state index contributed by atoms with van der Waals surface area (Å²) in [5, 5.41) is 0. The fourth-order valence-corrected chi connectivity index (χ4v) is 4.77. The molecule has 0 unspecified atom stereocenters. The van der Waals surface area contributed by atoms with E-state index in [-0.39, 0.29) is 33.7 Å². The van der Waals surface area contributed by atoms with E-state index in [1.54, 1.807) is 21.5 Å². The molecule has 0 saturated carbocycles. The standard InChI is InChI=1S/C16H12BrN3O2/c17-16-9-8-11(16)12-6-7-13(16)20-15(22)18(14(21)19(12)20)10-4-2-1-3-5-10/h1-9,11-13H/t11-,12+,13+,16-/m1/s1. The smallest absolute Gasteiger partial charge is 0.245 e. The van der Waals surface area contributed by atoms with E-state index in [1.165, 1.54) is 4.57 Å². The lowest BCUT2D eigenvalue weighted by molar-refractivity contribution is 0.166. The van der Waals surface area contributed by atoms with Crippen LogP contribution >= 0.6 is 15.9 Å². The van der Waals surface area contributed by atoms with E-state index in [0.29, 0.717) is 5.69 Å². The van der Waals surface area contributed by atoms with E-state index in [0.717, 1.165) is 0 Å². The summed E-state index contributed by atoms with van der Waals surface area (Å²) in [4.78, 5) is 25.7. The van der Waals surface area contributed by atoms with Gasteiger partial charge in [-0.15, -0.1) is 0 Å². The Morgan fingerprint density at radius 3 is 2.36 bits per heavy atom. The molecule has 2 aliphatic carbocycles. The van der Waals surface area contributed by atoms with Crippen LogP contribution in [0.15, 0.2) is 64.2 Å². The highest BCUT2D eigenvalue weighted by Gasteiger charge is 2.57. The van der Waals surface area contributed by atoms with Crippen molar-refractivity contribution in [2.45, 2.75) is 16.4 Å². The minimum atomic E-state index is -0.284. The van der Waals surface area contributed by atoms with Crippen molar-refractivity contribution in [3.63, 3.8) is 0 Å². The van der Waals surface area contributed by atoms with Crippen LogP contribution in [0.4, 0.5) is 0 Å². The Hall–Kier alpha value is -2.08. The van der Waals surface area contributed by atoms with Crippen molar-refractivity contribution in [2.75, 3.05) is 0 Å². The van der Waals surface area contributed by atoms with Gasteiger partial charge in [0.1, 0.15) is 0 Å². The number of aromatic nitrogens is 3. The van der Waals surface area contributed by atoms with Gasteiger partial charge >= 0.3 is 11.4 Å². The van der Waals surface area contributed by atoms with Gasteiger partial charge in [-0.3, -0.25) is 0 Å². The van der Waals surface area contributed by atoms with E-state index in [2.05, 4.69) is 28.1 Å². The molecule has 6 heteroatoms. The van der Waals surface area contributed by atoms with Crippen LogP contribution in [0.3, 0.4) is 0 Å². The Balaban J connectivity index is 1.84. The number of halogens is 1. The predicted octanol–water partition coefficient (Wildman–Crippen LogP) is 1.79. The largest absolute Gasteiger partial charge is 0.352 e. The number of nitrogens with zero attached hydrogens (tertiary/aromatic N) is 3. The normalized spacial score (nSPS) is 33.4. The van der Waals surface area contributed by atoms with Gasteiger partial charge in [-0.2, -0.15) is 0 Å². The highest BCUT2D eigenvalue weighted by Crippen LogP contribution is 2.57. The topological polar surface area (TPSA) is 48.9 Å². The molecule has 0 radical (unpaired) electrons. The van der Waals surface area contributed by atoms with Crippen LogP contribution in [0.5, 0.6) is 0 Å². The van der Waals surface area contributed by atoms with Crippen LogP contribution < -0.4 is 11.4 Å². The highest BCUT2D eigenvalue weighted by molar-refractivity contribution is 9.10. The van der Waals surface area contributed by atoms with Crippen LogP contribution in [0.2, 0.25) is 0 Å². The number of benzene rings is 1. The molecule has 0 fully saturated rings. The maximum absolute atomic E-state index is 12.9. The van der Waals surface area contributed by atoms with Crippen LogP contribution in [0, 0.1) is 5.92 Å².